The van der Waals surface area contributed by atoms with Crippen LogP contribution in [0.2, 0.25) is 5.02 Å². The molecule has 0 aliphatic carbocycles. The van der Waals surface area contributed by atoms with Gasteiger partial charge in [0.05, 0.1) is 17.2 Å². The van der Waals surface area contributed by atoms with E-state index < -0.39 is 0 Å². The van der Waals surface area contributed by atoms with Crippen molar-refractivity contribution in [1.82, 2.24) is 0 Å². The zero-order chi connectivity index (χ0) is 13.7. The number of hydrogen-bond donors (Lipinski definition) is 0. The van der Waals surface area contributed by atoms with Crippen LogP contribution < -0.4 is 9.47 Å². The van der Waals surface area contributed by atoms with Crippen molar-refractivity contribution in [2.24, 2.45) is 0 Å². The number of benzene rings is 2. The molecule has 0 N–H and O–H groups in total. The first-order valence-corrected chi connectivity index (χ1v) is 6.21. The normalized spacial score (nSPS) is 9.74. The summed E-state index contributed by atoms with van der Waals surface area (Å²) in [6.45, 7) is 2.56. The van der Waals surface area contributed by atoms with Gasteiger partial charge in [0.1, 0.15) is 23.3 Å². The average Bonchev–Trinajstić information content (AvgIpc) is 2.42. The molecular formula is C15H12ClNO2. The molecule has 0 fully saturated rings. The van der Waals surface area contributed by atoms with Gasteiger partial charge in [-0.3, -0.25) is 0 Å². The fraction of sp³-hybridized carbons (Fsp3) is 0.133. The summed E-state index contributed by atoms with van der Waals surface area (Å²) in [6, 6.07) is 14.3. The summed E-state index contributed by atoms with van der Waals surface area (Å²) in [5.41, 5.74) is 0.431. The lowest BCUT2D eigenvalue weighted by atomic mass is 10.2. The maximum atomic E-state index is 8.79. The minimum Gasteiger partial charge on any atom is -0.494 e. The third kappa shape index (κ3) is 3.40. The minimum absolute atomic E-state index is 0.380. The summed E-state index contributed by atoms with van der Waals surface area (Å²) in [5, 5.41) is 9.17. The summed E-state index contributed by atoms with van der Waals surface area (Å²) >= 11 is 5.94. The van der Waals surface area contributed by atoms with E-state index in [4.69, 9.17) is 26.3 Å². The van der Waals surface area contributed by atoms with Gasteiger partial charge in [0, 0.05) is 6.07 Å². The molecule has 19 heavy (non-hydrogen) atoms. The van der Waals surface area contributed by atoms with Gasteiger partial charge in [-0.15, -0.1) is 0 Å². The van der Waals surface area contributed by atoms with Gasteiger partial charge in [-0.1, -0.05) is 11.6 Å². The zero-order valence-corrected chi connectivity index (χ0v) is 11.1. The van der Waals surface area contributed by atoms with Crippen molar-refractivity contribution in [1.29, 1.82) is 5.26 Å². The molecule has 0 aromatic heterocycles. The number of hydrogen-bond acceptors (Lipinski definition) is 3. The van der Waals surface area contributed by atoms with Gasteiger partial charge in [0.2, 0.25) is 0 Å². The molecule has 0 radical (unpaired) electrons. The van der Waals surface area contributed by atoms with Crippen molar-refractivity contribution in [2.45, 2.75) is 6.92 Å². The molecule has 96 valence electrons. The number of rotatable bonds is 4. The van der Waals surface area contributed by atoms with Crippen LogP contribution in [0.3, 0.4) is 0 Å². The first-order valence-electron chi connectivity index (χ1n) is 5.83. The SMILES string of the molecule is CCOc1ccc(Oc2ccc(C#N)c(Cl)c2)cc1. The highest BCUT2D eigenvalue weighted by Gasteiger charge is 2.03. The molecule has 0 heterocycles. The van der Waals surface area contributed by atoms with Gasteiger partial charge in [-0.05, 0) is 43.3 Å². The Bertz CT molecular complexity index is 603. The Morgan fingerprint density at radius 1 is 1.05 bits per heavy atom. The van der Waals surface area contributed by atoms with E-state index in [9.17, 15) is 0 Å². The van der Waals surface area contributed by atoms with Crippen molar-refractivity contribution >= 4 is 11.6 Å². The topological polar surface area (TPSA) is 42.2 Å². The number of ether oxygens (including phenoxy) is 2. The summed E-state index contributed by atoms with van der Waals surface area (Å²) in [4.78, 5) is 0. The van der Waals surface area contributed by atoms with Crippen LogP contribution in [0.5, 0.6) is 17.2 Å². The van der Waals surface area contributed by atoms with Crippen molar-refractivity contribution in [3.63, 3.8) is 0 Å². The van der Waals surface area contributed by atoms with Gasteiger partial charge in [0.25, 0.3) is 0 Å². The van der Waals surface area contributed by atoms with Crippen LogP contribution in [0.25, 0.3) is 0 Å². The van der Waals surface area contributed by atoms with Crippen LogP contribution in [-0.2, 0) is 0 Å². The second-order valence-electron chi connectivity index (χ2n) is 3.76. The summed E-state index contributed by atoms with van der Waals surface area (Å²) < 4.78 is 11.0. The standard InChI is InChI=1S/C15H12ClNO2/c1-2-18-12-5-7-13(8-6-12)19-14-4-3-11(10-17)15(16)9-14/h3-9H,2H2,1H3. The maximum absolute atomic E-state index is 8.79. The largest absolute Gasteiger partial charge is 0.494 e. The summed E-state index contributed by atoms with van der Waals surface area (Å²) in [7, 11) is 0. The van der Waals surface area contributed by atoms with Crippen molar-refractivity contribution < 1.29 is 9.47 Å². The Kier molecular flexibility index (Phi) is 4.27. The molecule has 0 aliphatic heterocycles. The molecular weight excluding hydrogens is 262 g/mol. The average molecular weight is 274 g/mol. The van der Waals surface area contributed by atoms with Crippen LogP contribution in [-0.4, -0.2) is 6.61 Å². The fourth-order valence-corrected chi connectivity index (χ4v) is 1.77. The molecule has 0 atom stereocenters. The molecule has 3 nitrogen and oxygen atoms in total. The maximum Gasteiger partial charge on any atom is 0.129 e. The molecule has 2 aromatic carbocycles. The van der Waals surface area contributed by atoms with Crippen molar-refractivity contribution in [3.05, 3.63) is 53.1 Å². The van der Waals surface area contributed by atoms with E-state index in [0.29, 0.717) is 28.7 Å². The number of nitriles is 1. The second kappa shape index (κ2) is 6.12. The van der Waals surface area contributed by atoms with Crippen molar-refractivity contribution in [3.8, 4) is 23.3 Å². The molecule has 0 unspecified atom stereocenters. The van der Waals surface area contributed by atoms with Crippen LogP contribution in [0.15, 0.2) is 42.5 Å². The predicted octanol–water partition coefficient (Wildman–Crippen LogP) is 4.40. The molecule has 2 aromatic rings. The Labute approximate surface area is 117 Å². The Morgan fingerprint density at radius 2 is 1.68 bits per heavy atom. The first kappa shape index (κ1) is 13.3. The van der Waals surface area contributed by atoms with E-state index in [2.05, 4.69) is 0 Å². The molecule has 0 saturated carbocycles. The fourth-order valence-electron chi connectivity index (χ4n) is 1.56. The quantitative estimate of drug-likeness (QED) is 0.829. The van der Waals surface area contributed by atoms with Gasteiger partial charge in [0.15, 0.2) is 0 Å². The van der Waals surface area contributed by atoms with E-state index in [1.54, 1.807) is 18.2 Å². The number of halogens is 1. The Balaban J connectivity index is 2.13. The molecule has 2 rings (SSSR count). The van der Waals surface area contributed by atoms with Gasteiger partial charge < -0.3 is 9.47 Å². The molecule has 0 bridgehead atoms. The molecule has 0 saturated heterocycles. The first-order chi connectivity index (χ1) is 9.22. The van der Waals surface area contributed by atoms with Crippen LogP contribution in [0.4, 0.5) is 0 Å². The number of nitrogens with zero attached hydrogens (tertiary/aromatic N) is 1. The van der Waals surface area contributed by atoms with Gasteiger partial charge >= 0.3 is 0 Å². The Hall–Kier alpha value is -2.18. The molecule has 0 spiro atoms. The van der Waals surface area contributed by atoms with E-state index in [1.807, 2.05) is 37.3 Å². The van der Waals surface area contributed by atoms with E-state index >= 15 is 0 Å². The molecule has 0 aliphatic rings. The summed E-state index contributed by atoms with van der Waals surface area (Å²) in [5.74, 6) is 2.07. The predicted molar refractivity (Wildman–Crippen MR) is 73.9 cm³/mol. The molecule has 4 heteroatoms. The minimum atomic E-state index is 0.380. The smallest absolute Gasteiger partial charge is 0.129 e. The highest BCUT2D eigenvalue weighted by atomic mass is 35.5. The lowest BCUT2D eigenvalue weighted by Crippen LogP contribution is -1.91. The summed E-state index contributed by atoms with van der Waals surface area (Å²) in [6.07, 6.45) is 0. The highest BCUT2D eigenvalue weighted by Crippen LogP contribution is 2.27. The lowest BCUT2D eigenvalue weighted by Gasteiger charge is -2.08. The Morgan fingerprint density at radius 3 is 2.26 bits per heavy atom. The van der Waals surface area contributed by atoms with Crippen LogP contribution in [0, 0.1) is 11.3 Å². The van der Waals surface area contributed by atoms with Crippen molar-refractivity contribution in [2.75, 3.05) is 6.61 Å². The van der Waals surface area contributed by atoms with Gasteiger partial charge in [-0.2, -0.15) is 5.26 Å². The van der Waals surface area contributed by atoms with E-state index in [-0.39, 0.29) is 0 Å². The molecule has 0 amide bonds. The zero-order valence-electron chi connectivity index (χ0n) is 10.4. The van der Waals surface area contributed by atoms with Gasteiger partial charge in [-0.25, -0.2) is 0 Å². The second-order valence-corrected chi connectivity index (χ2v) is 4.17. The highest BCUT2D eigenvalue weighted by molar-refractivity contribution is 6.31. The van der Waals surface area contributed by atoms with E-state index in [0.717, 1.165) is 5.75 Å². The third-order valence-electron chi connectivity index (χ3n) is 2.43. The lowest BCUT2D eigenvalue weighted by molar-refractivity contribution is 0.339. The van der Waals surface area contributed by atoms with Crippen LogP contribution >= 0.6 is 11.6 Å². The third-order valence-corrected chi connectivity index (χ3v) is 2.74. The van der Waals surface area contributed by atoms with E-state index in [1.165, 1.54) is 0 Å². The monoisotopic (exact) mass is 273 g/mol. The van der Waals surface area contributed by atoms with Crippen LogP contribution in [0.1, 0.15) is 12.5 Å².